The van der Waals surface area contributed by atoms with Gasteiger partial charge < -0.3 is 11.1 Å². The molecule has 2 nitrogen and oxygen atoms in total. The van der Waals surface area contributed by atoms with E-state index in [9.17, 15) is 0 Å². The topological polar surface area (TPSA) is 38.0 Å². The zero-order valence-corrected chi connectivity index (χ0v) is 10.7. The highest BCUT2D eigenvalue weighted by molar-refractivity contribution is 4.77. The van der Waals surface area contributed by atoms with Gasteiger partial charge in [-0.3, -0.25) is 0 Å². The highest BCUT2D eigenvalue weighted by atomic mass is 14.9. The molecule has 0 heterocycles. The maximum absolute atomic E-state index is 5.96. The van der Waals surface area contributed by atoms with E-state index in [4.69, 9.17) is 5.73 Å². The lowest BCUT2D eigenvalue weighted by Crippen LogP contribution is -2.42. The third-order valence-corrected chi connectivity index (χ3v) is 3.38. The summed E-state index contributed by atoms with van der Waals surface area (Å²) in [5, 5.41) is 3.46. The van der Waals surface area contributed by atoms with Crippen LogP contribution in [-0.2, 0) is 0 Å². The molecule has 2 heteroatoms. The third kappa shape index (κ3) is 4.97. The summed E-state index contributed by atoms with van der Waals surface area (Å²) in [5.41, 5.74) is 6.32. The first kappa shape index (κ1) is 13.9. The van der Waals surface area contributed by atoms with Crippen molar-refractivity contribution < 1.29 is 0 Å². The molecule has 0 aromatic heterocycles. The van der Waals surface area contributed by atoms with Gasteiger partial charge in [-0.1, -0.05) is 41.5 Å². The van der Waals surface area contributed by atoms with E-state index in [0.717, 1.165) is 13.1 Å². The Morgan fingerprint density at radius 3 is 2.00 bits per heavy atom. The molecule has 0 spiro atoms. The van der Waals surface area contributed by atoms with Gasteiger partial charge in [0, 0.05) is 19.1 Å². The number of rotatable bonds is 6. The Morgan fingerprint density at radius 1 is 1.14 bits per heavy atom. The Bertz CT molecular complexity index is 150. The van der Waals surface area contributed by atoms with Crippen molar-refractivity contribution in [3.63, 3.8) is 0 Å². The number of nitrogens with one attached hydrogen (secondary N) is 1. The molecular weight excluding hydrogens is 172 g/mol. The van der Waals surface area contributed by atoms with Crippen molar-refractivity contribution in [3.05, 3.63) is 0 Å². The first-order valence-electron chi connectivity index (χ1n) is 5.73. The fourth-order valence-corrected chi connectivity index (χ4v) is 1.00. The van der Waals surface area contributed by atoms with Gasteiger partial charge in [0.05, 0.1) is 0 Å². The monoisotopic (exact) mass is 200 g/mol. The zero-order valence-electron chi connectivity index (χ0n) is 10.7. The van der Waals surface area contributed by atoms with E-state index in [1.54, 1.807) is 0 Å². The smallest absolute Gasteiger partial charge is 0.0188 e. The van der Waals surface area contributed by atoms with E-state index < -0.39 is 0 Å². The summed E-state index contributed by atoms with van der Waals surface area (Å²) in [5.74, 6) is 1.26. The first-order chi connectivity index (χ1) is 6.27. The fourth-order valence-electron chi connectivity index (χ4n) is 1.00. The Kier molecular flexibility index (Phi) is 5.68. The molecule has 0 bridgehead atoms. The summed E-state index contributed by atoms with van der Waals surface area (Å²) >= 11 is 0. The molecule has 0 aromatic carbocycles. The molecule has 1 atom stereocenters. The number of hydrogen-bond donors (Lipinski definition) is 2. The van der Waals surface area contributed by atoms with Gasteiger partial charge in [-0.25, -0.2) is 0 Å². The summed E-state index contributed by atoms with van der Waals surface area (Å²) < 4.78 is 0. The molecule has 0 aliphatic rings. The Morgan fingerprint density at radius 2 is 1.64 bits per heavy atom. The molecule has 0 saturated carbocycles. The normalized spacial score (nSPS) is 15.2. The largest absolute Gasteiger partial charge is 0.326 e. The highest BCUT2D eigenvalue weighted by Gasteiger charge is 2.21. The molecule has 0 aliphatic heterocycles. The maximum atomic E-state index is 5.96. The quantitative estimate of drug-likeness (QED) is 0.690. The molecule has 0 amide bonds. The molecule has 86 valence electrons. The van der Waals surface area contributed by atoms with E-state index >= 15 is 0 Å². The van der Waals surface area contributed by atoms with Crippen molar-refractivity contribution in [1.29, 1.82) is 0 Å². The molecular formula is C12H28N2. The van der Waals surface area contributed by atoms with Crippen LogP contribution in [0.15, 0.2) is 0 Å². The second kappa shape index (κ2) is 5.72. The van der Waals surface area contributed by atoms with E-state index in [0.29, 0.717) is 17.3 Å². The van der Waals surface area contributed by atoms with Crippen LogP contribution in [0.5, 0.6) is 0 Å². The Balaban J connectivity index is 3.74. The summed E-state index contributed by atoms with van der Waals surface area (Å²) in [6.45, 7) is 15.4. The molecule has 0 radical (unpaired) electrons. The summed E-state index contributed by atoms with van der Waals surface area (Å²) in [4.78, 5) is 0. The highest BCUT2D eigenvalue weighted by Crippen LogP contribution is 2.24. The molecule has 0 aromatic rings. The van der Waals surface area contributed by atoms with Gasteiger partial charge in [0.25, 0.3) is 0 Å². The molecule has 14 heavy (non-hydrogen) atoms. The van der Waals surface area contributed by atoms with E-state index in [1.165, 1.54) is 0 Å². The zero-order chi connectivity index (χ0) is 11.4. The van der Waals surface area contributed by atoms with Crippen LogP contribution in [0.2, 0.25) is 0 Å². The molecule has 3 N–H and O–H groups in total. The van der Waals surface area contributed by atoms with Crippen molar-refractivity contribution in [2.24, 2.45) is 23.0 Å². The Hall–Kier alpha value is -0.0800. The van der Waals surface area contributed by atoms with Gasteiger partial charge in [0.2, 0.25) is 0 Å². The van der Waals surface area contributed by atoms with Gasteiger partial charge in [-0.15, -0.1) is 0 Å². The predicted molar refractivity (Wildman–Crippen MR) is 64.3 cm³/mol. The van der Waals surface area contributed by atoms with E-state index in [-0.39, 0.29) is 6.04 Å². The van der Waals surface area contributed by atoms with Crippen molar-refractivity contribution in [3.8, 4) is 0 Å². The first-order valence-corrected chi connectivity index (χ1v) is 5.73. The Labute approximate surface area is 89.6 Å². The number of nitrogens with two attached hydrogens (primary N) is 1. The SMILES string of the molecule is CC(C)C(N)CNCC(C)(C)C(C)C. The molecule has 0 rings (SSSR count). The average Bonchev–Trinajstić information content (AvgIpc) is 2.03. The minimum Gasteiger partial charge on any atom is -0.326 e. The fraction of sp³-hybridized carbons (Fsp3) is 1.00. The second-order valence-electron chi connectivity index (χ2n) is 5.68. The van der Waals surface area contributed by atoms with Crippen molar-refractivity contribution >= 4 is 0 Å². The van der Waals surface area contributed by atoms with Crippen LogP contribution in [0.4, 0.5) is 0 Å². The summed E-state index contributed by atoms with van der Waals surface area (Å²) in [6, 6.07) is 0.276. The van der Waals surface area contributed by atoms with Crippen LogP contribution in [0, 0.1) is 17.3 Å². The van der Waals surface area contributed by atoms with E-state index in [1.807, 2.05) is 0 Å². The number of hydrogen-bond acceptors (Lipinski definition) is 2. The van der Waals surface area contributed by atoms with Crippen LogP contribution in [0.3, 0.4) is 0 Å². The molecule has 0 aliphatic carbocycles. The predicted octanol–water partition coefficient (Wildman–Crippen LogP) is 2.24. The van der Waals surface area contributed by atoms with E-state index in [2.05, 4.69) is 46.9 Å². The molecule has 1 unspecified atom stereocenters. The van der Waals surface area contributed by atoms with Crippen molar-refractivity contribution in [2.75, 3.05) is 13.1 Å². The lowest BCUT2D eigenvalue weighted by Gasteiger charge is -2.30. The van der Waals surface area contributed by atoms with Crippen molar-refractivity contribution in [1.82, 2.24) is 5.32 Å². The lowest BCUT2D eigenvalue weighted by atomic mass is 9.81. The minimum absolute atomic E-state index is 0.276. The van der Waals surface area contributed by atoms with Crippen LogP contribution in [0.1, 0.15) is 41.5 Å². The minimum atomic E-state index is 0.276. The van der Waals surface area contributed by atoms with Gasteiger partial charge in [-0.05, 0) is 17.3 Å². The van der Waals surface area contributed by atoms with Crippen LogP contribution in [-0.4, -0.2) is 19.1 Å². The van der Waals surface area contributed by atoms with Gasteiger partial charge in [0.15, 0.2) is 0 Å². The summed E-state index contributed by atoms with van der Waals surface area (Å²) in [6.07, 6.45) is 0. The van der Waals surface area contributed by atoms with Gasteiger partial charge >= 0.3 is 0 Å². The summed E-state index contributed by atoms with van der Waals surface area (Å²) in [7, 11) is 0. The maximum Gasteiger partial charge on any atom is 0.0188 e. The second-order valence-corrected chi connectivity index (χ2v) is 5.68. The standard InChI is InChI=1S/C12H28N2/c1-9(2)11(13)7-14-8-12(5,6)10(3)4/h9-11,14H,7-8,13H2,1-6H3. The van der Waals surface area contributed by atoms with Crippen LogP contribution >= 0.6 is 0 Å². The van der Waals surface area contributed by atoms with Crippen LogP contribution in [0.25, 0.3) is 0 Å². The lowest BCUT2D eigenvalue weighted by molar-refractivity contribution is 0.234. The average molecular weight is 200 g/mol. The van der Waals surface area contributed by atoms with Crippen LogP contribution < -0.4 is 11.1 Å². The van der Waals surface area contributed by atoms with Gasteiger partial charge in [0.1, 0.15) is 0 Å². The molecule has 0 fully saturated rings. The third-order valence-electron chi connectivity index (χ3n) is 3.38. The molecule has 0 saturated heterocycles. The van der Waals surface area contributed by atoms with Gasteiger partial charge in [-0.2, -0.15) is 0 Å². The van der Waals surface area contributed by atoms with Crippen molar-refractivity contribution in [2.45, 2.75) is 47.6 Å².